The van der Waals surface area contributed by atoms with Crippen LogP contribution in [0, 0.1) is 0 Å². The smallest absolute Gasteiger partial charge is 0.410 e. The van der Waals surface area contributed by atoms with E-state index in [4.69, 9.17) is 4.74 Å². The Bertz CT molecular complexity index is 484. The number of hydrogen-bond donors (Lipinski definition) is 1. The van der Waals surface area contributed by atoms with Gasteiger partial charge in [0, 0.05) is 25.7 Å². The number of hydrogen-bond acceptors (Lipinski definition) is 3. The lowest BCUT2D eigenvalue weighted by Crippen LogP contribution is -2.35. The molecule has 6 heteroatoms. The van der Waals surface area contributed by atoms with Crippen LogP contribution in [0.3, 0.4) is 0 Å². The Labute approximate surface area is 136 Å². The summed E-state index contributed by atoms with van der Waals surface area (Å²) in [6, 6.07) is 6.28. The lowest BCUT2D eigenvalue weighted by atomic mass is 10.1. The van der Waals surface area contributed by atoms with Crippen molar-refractivity contribution < 1.29 is 18.3 Å². The Morgan fingerprint density at radius 2 is 1.87 bits per heavy atom. The molecule has 0 radical (unpaired) electrons. The van der Waals surface area contributed by atoms with E-state index >= 15 is 0 Å². The molecular formula is C17H26F2N2O2. The van der Waals surface area contributed by atoms with Crippen molar-refractivity contribution in [3.8, 4) is 0 Å². The molecule has 0 aliphatic rings. The van der Waals surface area contributed by atoms with Crippen LogP contribution >= 0.6 is 0 Å². The van der Waals surface area contributed by atoms with Gasteiger partial charge < -0.3 is 15.0 Å². The van der Waals surface area contributed by atoms with Gasteiger partial charge in [-0.15, -0.1) is 0 Å². The van der Waals surface area contributed by atoms with Crippen LogP contribution in [0.5, 0.6) is 0 Å². The molecule has 1 rings (SSSR count). The second-order valence-corrected chi connectivity index (χ2v) is 6.47. The molecule has 23 heavy (non-hydrogen) atoms. The van der Waals surface area contributed by atoms with Gasteiger partial charge in [0.15, 0.2) is 0 Å². The maximum Gasteiger partial charge on any atom is 0.410 e. The van der Waals surface area contributed by atoms with E-state index in [0.29, 0.717) is 13.1 Å². The van der Waals surface area contributed by atoms with Crippen molar-refractivity contribution in [1.82, 2.24) is 10.2 Å². The molecule has 0 saturated carbocycles. The minimum Gasteiger partial charge on any atom is -0.444 e. The van der Waals surface area contributed by atoms with E-state index < -0.39 is 12.0 Å². The molecule has 0 bridgehead atoms. The van der Waals surface area contributed by atoms with E-state index in [1.165, 1.54) is 12.1 Å². The molecule has 4 nitrogen and oxygen atoms in total. The van der Waals surface area contributed by atoms with Crippen LogP contribution in [-0.2, 0) is 11.3 Å². The molecule has 0 saturated heterocycles. The first-order chi connectivity index (χ1) is 10.7. The molecule has 0 aromatic heterocycles. The quantitative estimate of drug-likeness (QED) is 0.770. The molecule has 1 amide bonds. The molecule has 1 aromatic rings. The molecule has 1 aromatic carbocycles. The minimum atomic E-state index is -2.43. The predicted octanol–water partition coefficient (Wildman–Crippen LogP) is 3.97. The normalized spacial score (nSPS) is 11.6. The van der Waals surface area contributed by atoms with Crippen LogP contribution in [0.25, 0.3) is 0 Å². The SMILES string of the molecule is CN(CCCNCc1ccc(C(F)F)cc1)C(=O)OC(C)(C)C. The third-order valence-corrected chi connectivity index (χ3v) is 3.11. The van der Waals surface area contributed by atoms with Gasteiger partial charge in [-0.05, 0) is 39.3 Å². The fourth-order valence-corrected chi connectivity index (χ4v) is 1.89. The molecule has 0 atom stereocenters. The molecule has 0 aliphatic carbocycles. The summed E-state index contributed by atoms with van der Waals surface area (Å²) in [5.41, 5.74) is 0.496. The highest BCUT2D eigenvalue weighted by Gasteiger charge is 2.18. The summed E-state index contributed by atoms with van der Waals surface area (Å²) >= 11 is 0. The Balaban J connectivity index is 2.21. The number of rotatable bonds is 7. The van der Waals surface area contributed by atoms with Crippen LogP contribution in [0.15, 0.2) is 24.3 Å². The molecule has 0 unspecified atom stereocenters. The first-order valence-electron chi connectivity index (χ1n) is 7.71. The molecule has 0 aliphatic heterocycles. The fourth-order valence-electron chi connectivity index (χ4n) is 1.89. The average molecular weight is 328 g/mol. The van der Waals surface area contributed by atoms with Gasteiger partial charge in [-0.1, -0.05) is 24.3 Å². The summed E-state index contributed by atoms with van der Waals surface area (Å²) in [5.74, 6) is 0. The minimum absolute atomic E-state index is 0.0349. The predicted molar refractivity (Wildman–Crippen MR) is 86.6 cm³/mol. The van der Waals surface area contributed by atoms with Gasteiger partial charge in [0.2, 0.25) is 0 Å². The van der Waals surface area contributed by atoms with Crippen molar-refractivity contribution in [2.24, 2.45) is 0 Å². The van der Waals surface area contributed by atoms with Gasteiger partial charge in [0.1, 0.15) is 5.60 Å². The summed E-state index contributed by atoms with van der Waals surface area (Å²) in [7, 11) is 1.71. The highest BCUT2D eigenvalue weighted by molar-refractivity contribution is 5.67. The van der Waals surface area contributed by atoms with Crippen molar-refractivity contribution >= 4 is 6.09 Å². The topological polar surface area (TPSA) is 41.6 Å². The largest absolute Gasteiger partial charge is 0.444 e. The van der Waals surface area contributed by atoms with Crippen LogP contribution in [0.2, 0.25) is 0 Å². The molecule has 1 N–H and O–H groups in total. The summed E-state index contributed by atoms with van der Waals surface area (Å²) < 4.78 is 30.1. The van der Waals surface area contributed by atoms with Gasteiger partial charge in [-0.25, -0.2) is 13.6 Å². The monoisotopic (exact) mass is 328 g/mol. The number of halogens is 2. The van der Waals surface area contributed by atoms with E-state index in [9.17, 15) is 13.6 Å². The number of carbonyl (C=O) groups excluding carboxylic acids is 1. The standard InChI is InChI=1S/C17H26F2N2O2/c1-17(2,3)23-16(22)21(4)11-5-10-20-12-13-6-8-14(9-7-13)15(18)19/h6-9,15,20H,5,10-12H2,1-4H3. The number of ether oxygens (including phenoxy) is 1. The second kappa shape index (κ2) is 8.82. The molecule has 0 fully saturated rings. The number of nitrogens with one attached hydrogen (secondary N) is 1. The third kappa shape index (κ3) is 7.93. The van der Waals surface area contributed by atoms with Crippen LogP contribution in [-0.4, -0.2) is 36.7 Å². The van der Waals surface area contributed by atoms with Gasteiger partial charge in [0.05, 0.1) is 0 Å². The van der Waals surface area contributed by atoms with Crippen molar-refractivity contribution in [2.45, 2.75) is 45.8 Å². The summed E-state index contributed by atoms with van der Waals surface area (Å²) in [5, 5.41) is 3.23. The van der Waals surface area contributed by atoms with Gasteiger partial charge in [0.25, 0.3) is 6.43 Å². The maximum atomic E-state index is 12.4. The fraction of sp³-hybridized carbons (Fsp3) is 0.588. The summed E-state index contributed by atoms with van der Waals surface area (Å²) in [4.78, 5) is 13.3. The summed E-state index contributed by atoms with van der Waals surface area (Å²) in [6.45, 7) is 7.43. The Kier molecular flexibility index (Phi) is 7.42. The highest BCUT2D eigenvalue weighted by Crippen LogP contribution is 2.18. The molecule has 130 valence electrons. The van der Waals surface area contributed by atoms with E-state index in [0.717, 1.165) is 18.5 Å². The van der Waals surface area contributed by atoms with Crippen LogP contribution in [0.4, 0.5) is 13.6 Å². The first kappa shape index (κ1) is 19.4. The zero-order valence-corrected chi connectivity index (χ0v) is 14.2. The van der Waals surface area contributed by atoms with E-state index in [1.807, 2.05) is 20.8 Å². The van der Waals surface area contributed by atoms with E-state index in [2.05, 4.69) is 5.32 Å². The first-order valence-corrected chi connectivity index (χ1v) is 7.71. The second-order valence-electron chi connectivity index (χ2n) is 6.47. The number of carbonyl (C=O) groups is 1. The van der Waals surface area contributed by atoms with E-state index in [1.54, 1.807) is 24.1 Å². The maximum absolute atomic E-state index is 12.4. The number of amides is 1. The van der Waals surface area contributed by atoms with Gasteiger partial charge >= 0.3 is 6.09 Å². The van der Waals surface area contributed by atoms with Crippen molar-refractivity contribution in [3.63, 3.8) is 0 Å². The Hall–Kier alpha value is -1.69. The number of nitrogens with zero attached hydrogens (tertiary/aromatic N) is 1. The number of alkyl halides is 2. The van der Waals surface area contributed by atoms with Crippen molar-refractivity contribution in [2.75, 3.05) is 20.1 Å². The zero-order valence-electron chi connectivity index (χ0n) is 14.2. The Morgan fingerprint density at radius 1 is 1.26 bits per heavy atom. The van der Waals surface area contributed by atoms with Crippen molar-refractivity contribution in [3.05, 3.63) is 35.4 Å². The lowest BCUT2D eigenvalue weighted by Gasteiger charge is -2.24. The third-order valence-electron chi connectivity index (χ3n) is 3.11. The molecule has 0 spiro atoms. The van der Waals surface area contributed by atoms with E-state index in [-0.39, 0.29) is 11.7 Å². The van der Waals surface area contributed by atoms with Gasteiger partial charge in [-0.3, -0.25) is 0 Å². The number of benzene rings is 1. The van der Waals surface area contributed by atoms with Crippen LogP contribution in [0.1, 0.15) is 44.7 Å². The average Bonchev–Trinajstić information content (AvgIpc) is 2.45. The van der Waals surface area contributed by atoms with Gasteiger partial charge in [-0.2, -0.15) is 0 Å². The zero-order chi connectivity index (χ0) is 17.5. The molecular weight excluding hydrogens is 302 g/mol. The molecule has 0 heterocycles. The lowest BCUT2D eigenvalue weighted by molar-refractivity contribution is 0.0297. The Morgan fingerprint density at radius 3 is 2.39 bits per heavy atom. The van der Waals surface area contributed by atoms with Crippen LogP contribution < -0.4 is 5.32 Å². The summed E-state index contributed by atoms with van der Waals surface area (Å²) in [6.07, 6.45) is -1.98. The highest BCUT2D eigenvalue weighted by atomic mass is 19.3. The van der Waals surface area contributed by atoms with Crippen molar-refractivity contribution in [1.29, 1.82) is 0 Å².